The van der Waals surface area contributed by atoms with Crippen LogP contribution in [0.2, 0.25) is 0 Å². The average molecular weight is 366 g/mol. The highest BCUT2D eigenvalue weighted by Crippen LogP contribution is 2.31. The lowest BCUT2D eigenvalue weighted by atomic mass is 9.90. The first-order chi connectivity index (χ1) is 11.6. The molecule has 0 saturated heterocycles. The number of carbonyl (C=O) groups is 1. The lowest BCUT2D eigenvalue weighted by molar-refractivity contribution is -0.116. The molecule has 138 valence electrons. The predicted octanol–water partition coefficient (Wildman–Crippen LogP) is 1.10. The van der Waals surface area contributed by atoms with E-state index in [9.17, 15) is 13.2 Å². The number of rotatable bonds is 5. The van der Waals surface area contributed by atoms with E-state index in [4.69, 9.17) is 0 Å². The van der Waals surface area contributed by atoms with E-state index in [0.717, 1.165) is 11.3 Å². The van der Waals surface area contributed by atoms with Crippen molar-refractivity contribution in [2.75, 3.05) is 31.7 Å². The number of fused-ring (bicyclic) bond motifs is 1. The number of sulfone groups is 1. The zero-order valence-corrected chi connectivity index (χ0v) is 15.9. The zero-order valence-electron chi connectivity index (χ0n) is 15.1. The Hall–Kier alpha value is -2.09. The van der Waals surface area contributed by atoms with Crippen molar-refractivity contribution in [3.63, 3.8) is 0 Å². The number of anilines is 1. The summed E-state index contributed by atoms with van der Waals surface area (Å²) in [7, 11) is -1.56. The van der Waals surface area contributed by atoms with Gasteiger partial charge in [-0.05, 0) is 25.5 Å². The third-order valence-electron chi connectivity index (χ3n) is 4.53. The van der Waals surface area contributed by atoms with Crippen molar-refractivity contribution in [3.8, 4) is 0 Å². The van der Waals surface area contributed by atoms with Crippen LogP contribution < -0.4 is 16.0 Å². The molecule has 0 radical (unpaired) electrons. The largest absolute Gasteiger partial charge is 0.356 e. The van der Waals surface area contributed by atoms with Crippen LogP contribution in [0.15, 0.2) is 29.3 Å². The fourth-order valence-electron chi connectivity index (χ4n) is 2.55. The molecule has 0 saturated carbocycles. The fraction of sp³-hybridized carbons (Fsp3) is 0.529. The first-order valence-corrected chi connectivity index (χ1v) is 10.1. The highest BCUT2D eigenvalue weighted by Gasteiger charge is 2.30. The number of hydrogen-bond acceptors (Lipinski definition) is 4. The summed E-state index contributed by atoms with van der Waals surface area (Å²) in [5.74, 6) is 0.540. The summed E-state index contributed by atoms with van der Waals surface area (Å²) in [6.07, 6.45) is 1.62. The minimum atomic E-state index is -3.19. The Labute approximate surface area is 149 Å². The monoisotopic (exact) mass is 366 g/mol. The first-order valence-electron chi connectivity index (χ1n) is 8.17. The number of amides is 1. The third kappa shape index (κ3) is 4.72. The maximum atomic E-state index is 11.9. The van der Waals surface area contributed by atoms with Crippen LogP contribution in [0.4, 0.5) is 5.69 Å². The van der Waals surface area contributed by atoms with E-state index in [2.05, 4.69) is 20.9 Å². The molecular weight excluding hydrogens is 340 g/mol. The second-order valence-electron chi connectivity index (χ2n) is 6.88. The van der Waals surface area contributed by atoms with Crippen LogP contribution in [0.3, 0.4) is 0 Å². The van der Waals surface area contributed by atoms with Crippen LogP contribution in [0, 0.1) is 0 Å². The van der Waals surface area contributed by atoms with Gasteiger partial charge in [0.15, 0.2) is 15.8 Å². The van der Waals surface area contributed by atoms with E-state index in [1.165, 1.54) is 6.26 Å². The highest BCUT2D eigenvalue weighted by molar-refractivity contribution is 7.92. The first kappa shape index (κ1) is 19.2. The summed E-state index contributed by atoms with van der Waals surface area (Å²) in [5.41, 5.74) is 1.92. The Morgan fingerprint density at radius 3 is 2.64 bits per heavy atom. The zero-order chi connectivity index (χ0) is 18.7. The van der Waals surface area contributed by atoms with Crippen LogP contribution in [0.5, 0.6) is 0 Å². The summed E-state index contributed by atoms with van der Waals surface area (Å²) in [4.78, 5) is 16.0. The van der Waals surface area contributed by atoms with Gasteiger partial charge in [0.05, 0.1) is 4.75 Å². The smallest absolute Gasteiger partial charge is 0.225 e. The van der Waals surface area contributed by atoms with Crippen molar-refractivity contribution in [3.05, 3.63) is 29.8 Å². The SMILES string of the molecule is CN=C(NCC1CC(=O)Nc2ccccc21)NCC(C)(C)S(C)(=O)=O. The molecule has 8 heteroatoms. The van der Waals surface area contributed by atoms with Crippen molar-refractivity contribution in [1.29, 1.82) is 0 Å². The summed E-state index contributed by atoms with van der Waals surface area (Å²) >= 11 is 0. The number of benzene rings is 1. The van der Waals surface area contributed by atoms with Crippen LogP contribution in [-0.2, 0) is 14.6 Å². The molecule has 1 aromatic rings. The molecule has 0 fully saturated rings. The highest BCUT2D eigenvalue weighted by atomic mass is 32.2. The van der Waals surface area contributed by atoms with Gasteiger partial charge in [0.2, 0.25) is 5.91 Å². The molecule has 0 aromatic heterocycles. The third-order valence-corrected chi connectivity index (χ3v) is 6.68. The molecule has 1 aromatic carbocycles. The van der Waals surface area contributed by atoms with E-state index in [0.29, 0.717) is 18.9 Å². The maximum Gasteiger partial charge on any atom is 0.225 e. The van der Waals surface area contributed by atoms with Crippen LogP contribution >= 0.6 is 0 Å². The van der Waals surface area contributed by atoms with Gasteiger partial charge in [-0.1, -0.05) is 18.2 Å². The van der Waals surface area contributed by atoms with Gasteiger partial charge < -0.3 is 16.0 Å². The molecule has 0 spiro atoms. The average Bonchev–Trinajstić information content (AvgIpc) is 2.53. The lowest BCUT2D eigenvalue weighted by Crippen LogP contribution is -2.48. The second kappa shape index (κ2) is 7.43. The molecule has 1 atom stereocenters. The minimum absolute atomic E-state index is 0.00773. The van der Waals surface area contributed by atoms with E-state index >= 15 is 0 Å². The van der Waals surface area contributed by atoms with Gasteiger partial charge in [0.1, 0.15) is 0 Å². The number of para-hydroxylation sites is 1. The summed E-state index contributed by atoms with van der Waals surface area (Å²) < 4.78 is 22.7. The van der Waals surface area contributed by atoms with Gasteiger partial charge in [-0.2, -0.15) is 0 Å². The normalized spacial score (nSPS) is 18.3. The van der Waals surface area contributed by atoms with Crippen LogP contribution in [0.25, 0.3) is 0 Å². The van der Waals surface area contributed by atoms with Gasteiger partial charge in [-0.15, -0.1) is 0 Å². The number of guanidine groups is 1. The molecule has 1 heterocycles. The van der Waals surface area contributed by atoms with Crippen molar-refractivity contribution >= 4 is 27.4 Å². The van der Waals surface area contributed by atoms with E-state index in [-0.39, 0.29) is 18.4 Å². The Kier molecular flexibility index (Phi) is 5.72. The number of nitrogens with zero attached hydrogens (tertiary/aromatic N) is 1. The standard InChI is InChI=1S/C17H26N4O3S/c1-17(2,25(4,23)24)11-20-16(18-3)19-10-12-9-15(22)21-14-8-6-5-7-13(12)14/h5-8,12H,9-11H2,1-4H3,(H,21,22)(H2,18,19,20). The van der Waals surface area contributed by atoms with E-state index in [1.54, 1.807) is 20.9 Å². The topological polar surface area (TPSA) is 99.7 Å². The number of hydrogen-bond donors (Lipinski definition) is 3. The Morgan fingerprint density at radius 1 is 1.32 bits per heavy atom. The molecule has 3 N–H and O–H groups in total. The Balaban J connectivity index is 1.99. The molecule has 1 aliphatic heterocycles. The summed E-state index contributed by atoms with van der Waals surface area (Å²) in [5, 5.41) is 9.11. The Morgan fingerprint density at radius 2 is 2.00 bits per heavy atom. The molecule has 7 nitrogen and oxygen atoms in total. The molecular formula is C17H26N4O3S. The fourth-order valence-corrected chi connectivity index (χ4v) is 2.89. The Bertz CT molecular complexity index is 772. The number of nitrogens with one attached hydrogen (secondary N) is 3. The van der Waals surface area contributed by atoms with Crippen molar-refractivity contribution < 1.29 is 13.2 Å². The van der Waals surface area contributed by atoms with Crippen molar-refractivity contribution in [1.82, 2.24) is 10.6 Å². The summed E-state index contributed by atoms with van der Waals surface area (Å²) in [6.45, 7) is 4.12. The van der Waals surface area contributed by atoms with Gasteiger partial charge >= 0.3 is 0 Å². The van der Waals surface area contributed by atoms with Crippen molar-refractivity contribution in [2.45, 2.75) is 30.9 Å². The molecule has 1 amide bonds. The number of carbonyl (C=O) groups excluding carboxylic acids is 1. The summed E-state index contributed by atoms with van der Waals surface area (Å²) in [6, 6.07) is 7.73. The number of aliphatic imine (C=N–C) groups is 1. The quantitative estimate of drug-likeness (QED) is 0.535. The second-order valence-corrected chi connectivity index (χ2v) is 9.52. The van der Waals surface area contributed by atoms with Gasteiger partial charge in [-0.3, -0.25) is 9.79 Å². The lowest BCUT2D eigenvalue weighted by Gasteiger charge is -2.27. The molecule has 2 rings (SSSR count). The van der Waals surface area contributed by atoms with Crippen LogP contribution in [-0.4, -0.2) is 51.4 Å². The van der Waals surface area contributed by atoms with Crippen molar-refractivity contribution in [2.24, 2.45) is 4.99 Å². The minimum Gasteiger partial charge on any atom is -0.356 e. The van der Waals surface area contributed by atoms with Gasteiger partial charge in [0.25, 0.3) is 0 Å². The molecule has 1 aliphatic rings. The molecule has 1 unspecified atom stereocenters. The van der Waals surface area contributed by atoms with E-state index < -0.39 is 14.6 Å². The van der Waals surface area contributed by atoms with Crippen LogP contribution in [0.1, 0.15) is 31.7 Å². The molecule has 0 bridgehead atoms. The maximum absolute atomic E-state index is 11.9. The van der Waals surface area contributed by atoms with Gasteiger partial charge in [-0.25, -0.2) is 8.42 Å². The van der Waals surface area contributed by atoms with Gasteiger partial charge in [0, 0.05) is 44.4 Å². The predicted molar refractivity (Wildman–Crippen MR) is 101 cm³/mol. The molecule has 25 heavy (non-hydrogen) atoms. The van der Waals surface area contributed by atoms with E-state index in [1.807, 2.05) is 24.3 Å². The molecule has 0 aliphatic carbocycles.